The number of aromatic hydroxyl groups is 2. The minimum Gasteiger partial charge on any atom is -0.726 e. The second-order valence-corrected chi connectivity index (χ2v) is 16.7. The van der Waals surface area contributed by atoms with Crippen LogP contribution in [0.5, 0.6) is 11.5 Å². The minimum atomic E-state index is -4.41. The Kier molecular flexibility index (Phi) is 11.0. The summed E-state index contributed by atoms with van der Waals surface area (Å²) in [6, 6.07) is 12.0. The quantitative estimate of drug-likeness (QED) is 0.206. The highest BCUT2D eigenvalue weighted by Gasteiger charge is 2.34. The zero-order chi connectivity index (χ0) is 29.9. The van der Waals surface area contributed by atoms with Gasteiger partial charge in [0.05, 0.1) is 18.0 Å². The zero-order valence-corrected chi connectivity index (χ0v) is 26.9. The highest BCUT2D eigenvalue weighted by atomic mass is 32.3. The average Bonchev–Trinajstić information content (AvgIpc) is 2.70. The topological polar surface area (TPSA) is 107 Å². The molecule has 38 heavy (non-hydrogen) atoms. The smallest absolute Gasteiger partial charge is 0.217 e. The Labute approximate surface area is 234 Å². The second-order valence-electron chi connectivity index (χ2n) is 13.7. The lowest BCUT2D eigenvalue weighted by atomic mass is 9.72. The van der Waals surface area contributed by atoms with Gasteiger partial charge in [-0.2, -0.15) is 0 Å². The molecule has 216 valence electrons. The molecule has 0 spiro atoms. The first kappa shape index (κ1) is 34.3. The molecule has 0 amide bonds. The maximum atomic E-state index is 10.8. The second kappa shape index (κ2) is 12.2. The summed E-state index contributed by atoms with van der Waals surface area (Å²) in [5, 5.41) is 21.5. The molecular weight excluding hydrogens is 520 g/mol. The Balaban J connectivity index is 0.00000107. The van der Waals surface area contributed by atoms with E-state index in [0.717, 1.165) is 29.7 Å². The molecule has 0 aliphatic carbocycles. The van der Waals surface area contributed by atoms with Crippen molar-refractivity contribution in [1.29, 1.82) is 0 Å². The molecule has 0 aromatic heterocycles. The molecule has 0 saturated carbocycles. The van der Waals surface area contributed by atoms with Crippen LogP contribution in [0.1, 0.15) is 93.2 Å². The number of benzene rings is 2. The molecule has 0 unspecified atom stereocenters. The van der Waals surface area contributed by atoms with Gasteiger partial charge in [0, 0.05) is 12.1 Å². The molecule has 2 aromatic carbocycles. The first-order valence-corrected chi connectivity index (χ1v) is 15.7. The Morgan fingerprint density at radius 2 is 1.03 bits per heavy atom. The Hall–Kier alpha value is -1.74. The Morgan fingerprint density at radius 3 is 1.26 bits per heavy atom. The normalized spacial score (nSPS) is 13.3. The highest BCUT2D eigenvalue weighted by Crippen LogP contribution is 2.42. The van der Waals surface area contributed by atoms with Crippen LogP contribution in [0.3, 0.4) is 0 Å². The van der Waals surface area contributed by atoms with Gasteiger partial charge in [-0.05, 0) is 57.8 Å². The van der Waals surface area contributed by atoms with Crippen molar-refractivity contribution in [3.8, 4) is 11.5 Å². The number of rotatable bonds is 7. The van der Waals surface area contributed by atoms with Crippen molar-refractivity contribution < 1.29 is 27.4 Å². The Morgan fingerprint density at radius 1 is 0.737 bits per heavy atom. The van der Waals surface area contributed by atoms with Crippen molar-refractivity contribution in [3.05, 3.63) is 47.5 Å². The monoisotopic (exact) mass is 568 g/mol. The number of hydrogen-bond acceptors (Lipinski definition) is 6. The van der Waals surface area contributed by atoms with E-state index in [-0.39, 0.29) is 21.7 Å². The van der Waals surface area contributed by atoms with Crippen LogP contribution >= 0.6 is 0 Å². The summed E-state index contributed by atoms with van der Waals surface area (Å²) in [5.41, 5.74) is 2.85. The first-order chi connectivity index (χ1) is 16.9. The molecule has 0 aliphatic rings. The van der Waals surface area contributed by atoms with E-state index in [9.17, 15) is 23.2 Å². The lowest BCUT2D eigenvalue weighted by Gasteiger charge is -2.33. The maximum Gasteiger partial charge on any atom is 0.217 e. The fourth-order valence-electron chi connectivity index (χ4n) is 5.33. The van der Waals surface area contributed by atoms with E-state index in [1.807, 2.05) is 24.3 Å². The van der Waals surface area contributed by atoms with Crippen LogP contribution in [0.2, 0.25) is 0 Å². The van der Waals surface area contributed by atoms with Gasteiger partial charge in [0.25, 0.3) is 0 Å². The molecule has 8 heteroatoms. The van der Waals surface area contributed by atoms with E-state index in [2.05, 4.69) is 91.8 Å². The van der Waals surface area contributed by atoms with Crippen LogP contribution in [0.25, 0.3) is 0 Å². The first-order valence-electron chi connectivity index (χ1n) is 12.7. The van der Waals surface area contributed by atoms with Crippen LogP contribution < -0.4 is 0 Å². The van der Waals surface area contributed by atoms with Crippen LogP contribution in [-0.2, 0) is 36.3 Å². The molecule has 2 rings (SSSR count). The molecule has 2 aromatic rings. The van der Waals surface area contributed by atoms with Gasteiger partial charge in [0.2, 0.25) is 20.2 Å². The van der Waals surface area contributed by atoms with E-state index >= 15 is 0 Å². The minimum absolute atomic E-state index is 0.0104. The summed E-state index contributed by atoms with van der Waals surface area (Å²) < 4.78 is 31.0. The van der Waals surface area contributed by atoms with E-state index in [1.54, 1.807) is 0 Å². The fraction of sp³-hybridized carbons (Fsp3) is 0.600. The summed E-state index contributed by atoms with van der Waals surface area (Å²) in [7, 11) is -4.06. The van der Waals surface area contributed by atoms with E-state index in [1.165, 1.54) is 11.1 Å². The SMILES string of the molecule is COS(=O)(=O)[O-].C[S+](c1cc(C(C)(C)CC(C)(C)C)ccc1O)c1cc(C(C)(C)CC(C)(C)C)ccc1O. The van der Waals surface area contributed by atoms with E-state index in [4.69, 9.17) is 0 Å². The third-order valence-corrected chi connectivity index (χ3v) is 8.67. The predicted molar refractivity (Wildman–Crippen MR) is 157 cm³/mol. The molecule has 0 saturated heterocycles. The molecule has 0 heterocycles. The molecule has 0 aliphatic heterocycles. The number of phenols is 2. The molecular formula is C30H48O6S2. The van der Waals surface area contributed by atoms with Crippen LogP contribution in [-0.4, -0.2) is 36.5 Å². The molecule has 0 atom stereocenters. The van der Waals surface area contributed by atoms with Crippen LogP contribution in [0.4, 0.5) is 0 Å². The van der Waals surface area contributed by atoms with Crippen molar-refractivity contribution in [2.45, 2.75) is 103 Å². The van der Waals surface area contributed by atoms with Gasteiger partial charge < -0.3 is 14.8 Å². The van der Waals surface area contributed by atoms with Crippen molar-refractivity contribution >= 4 is 21.3 Å². The molecule has 0 fully saturated rings. The summed E-state index contributed by atoms with van der Waals surface area (Å²) in [4.78, 5) is 1.79. The lowest BCUT2D eigenvalue weighted by molar-refractivity contribution is 0.283. The highest BCUT2D eigenvalue weighted by molar-refractivity contribution is 7.96. The van der Waals surface area contributed by atoms with Crippen molar-refractivity contribution in [2.24, 2.45) is 10.8 Å². The maximum absolute atomic E-state index is 10.8. The largest absolute Gasteiger partial charge is 0.726 e. The van der Waals surface area contributed by atoms with Gasteiger partial charge in [-0.3, -0.25) is 4.18 Å². The van der Waals surface area contributed by atoms with Gasteiger partial charge in [0.15, 0.2) is 11.5 Å². The standard InChI is InChI=1S/C29H44O2S.CH4O4S/c1-26(2,3)18-28(7,8)20-12-14-22(30)24(16-20)32(11)25-17-21(13-15-23(25)31)29(9,10)19-27(4,5)6;1-5-6(2,3)4/h12-17H,18-19H2,1-11H3,(H-,30,31);1H3,(H,2,3,4). The van der Waals surface area contributed by atoms with Crippen LogP contribution in [0, 0.1) is 10.8 Å². The third kappa shape index (κ3) is 10.8. The van der Waals surface area contributed by atoms with E-state index in [0.29, 0.717) is 11.5 Å². The van der Waals surface area contributed by atoms with Gasteiger partial charge in [0.1, 0.15) is 6.26 Å². The summed E-state index contributed by atoms with van der Waals surface area (Å²) in [6.07, 6.45) is 4.19. The van der Waals surface area contributed by atoms with Crippen molar-refractivity contribution in [1.82, 2.24) is 0 Å². The molecule has 0 radical (unpaired) electrons. The molecule has 0 bridgehead atoms. The lowest BCUT2D eigenvalue weighted by Crippen LogP contribution is -2.25. The van der Waals surface area contributed by atoms with E-state index < -0.39 is 21.3 Å². The van der Waals surface area contributed by atoms with Gasteiger partial charge in [-0.25, -0.2) is 8.42 Å². The number of phenolic OH excluding ortho intramolecular Hbond substituents is 2. The van der Waals surface area contributed by atoms with Crippen molar-refractivity contribution in [2.75, 3.05) is 13.4 Å². The van der Waals surface area contributed by atoms with Gasteiger partial charge in [-0.15, -0.1) is 0 Å². The zero-order valence-electron chi connectivity index (χ0n) is 25.2. The number of hydrogen-bond donors (Lipinski definition) is 2. The van der Waals surface area contributed by atoms with Crippen LogP contribution in [0.15, 0.2) is 46.2 Å². The summed E-state index contributed by atoms with van der Waals surface area (Å²) >= 11 is 0. The summed E-state index contributed by atoms with van der Waals surface area (Å²) in [6.45, 7) is 22.7. The molecule has 2 N–H and O–H groups in total. The summed E-state index contributed by atoms with van der Waals surface area (Å²) in [5.74, 6) is 0.592. The van der Waals surface area contributed by atoms with Crippen molar-refractivity contribution in [3.63, 3.8) is 0 Å². The Bertz CT molecular complexity index is 1110. The van der Waals surface area contributed by atoms with Gasteiger partial charge >= 0.3 is 0 Å². The average molecular weight is 569 g/mol. The predicted octanol–water partition coefficient (Wildman–Crippen LogP) is 7.28. The fourth-order valence-corrected chi connectivity index (χ4v) is 6.94. The third-order valence-electron chi connectivity index (χ3n) is 6.29. The van der Waals surface area contributed by atoms with Gasteiger partial charge in [-0.1, -0.05) is 81.4 Å². The molecule has 6 nitrogen and oxygen atoms in total.